The molecule has 0 amide bonds. The molecule has 1 fully saturated rings. The van der Waals surface area contributed by atoms with Crippen LogP contribution in [-0.4, -0.2) is 0 Å². The zero-order chi connectivity index (χ0) is 9.95. The van der Waals surface area contributed by atoms with Crippen LogP contribution < -0.4 is 0 Å². The largest absolute Gasteiger partial charge is 0.0654 e. The number of hydrogen-bond donors (Lipinski definition) is 0. The summed E-state index contributed by atoms with van der Waals surface area (Å²) in [5, 5.41) is 0. The molecule has 0 nitrogen and oxygen atoms in total. The quantitative estimate of drug-likeness (QED) is 0.589. The van der Waals surface area contributed by atoms with Crippen LogP contribution in [-0.2, 0) is 0 Å². The highest BCUT2D eigenvalue weighted by atomic mass is 14.5. The molecule has 1 aliphatic rings. The summed E-state index contributed by atoms with van der Waals surface area (Å²) >= 11 is 0. The third kappa shape index (κ3) is 2.27. The van der Waals surface area contributed by atoms with Gasteiger partial charge in [-0.1, -0.05) is 53.4 Å². The molecule has 0 bridgehead atoms. The fourth-order valence-corrected chi connectivity index (χ4v) is 2.75. The monoisotopic (exact) mass is 182 g/mol. The van der Waals surface area contributed by atoms with Crippen LogP contribution in [0, 0.1) is 10.8 Å². The van der Waals surface area contributed by atoms with Gasteiger partial charge in [0.25, 0.3) is 0 Å². The molecule has 0 aromatic rings. The molecule has 78 valence electrons. The summed E-state index contributed by atoms with van der Waals surface area (Å²) in [7, 11) is 0. The lowest BCUT2D eigenvalue weighted by molar-refractivity contribution is 0.0229. The van der Waals surface area contributed by atoms with E-state index >= 15 is 0 Å². The lowest BCUT2D eigenvalue weighted by Crippen LogP contribution is -2.38. The fraction of sp³-hybridized carbons (Fsp3) is 1.00. The molecule has 0 heteroatoms. The molecule has 0 radical (unpaired) electrons. The molecule has 0 aliphatic heterocycles. The molecular weight excluding hydrogens is 156 g/mol. The molecule has 1 rings (SSSR count). The van der Waals surface area contributed by atoms with Gasteiger partial charge < -0.3 is 0 Å². The van der Waals surface area contributed by atoms with Crippen LogP contribution in [0.5, 0.6) is 0 Å². The highest BCUT2D eigenvalue weighted by Gasteiger charge is 2.41. The Labute approximate surface area is 84.1 Å². The van der Waals surface area contributed by atoms with Crippen LogP contribution in [0.4, 0.5) is 0 Å². The average Bonchev–Trinajstić information content (AvgIpc) is 2.07. The van der Waals surface area contributed by atoms with Crippen molar-refractivity contribution >= 4 is 0 Å². The number of unbranched alkanes of at least 4 members (excludes halogenated alkanes) is 1. The first-order chi connectivity index (χ1) is 6.02. The van der Waals surface area contributed by atoms with Crippen LogP contribution >= 0.6 is 0 Å². The van der Waals surface area contributed by atoms with Crippen LogP contribution in [0.2, 0.25) is 0 Å². The predicted octanol–water partition coefficient (Wildman–Crippen LogP) is 4.78. The van der Waals surface area contributed by atoms with Crippen LogP contribution in [0.3, 0.4) is 0 Å². The van der Waals surface area contributed by atoms with E-state index in [-0.39, 0.29) is 0 Å². The van der Waals surface area contributed by atoms with Crippen molar-refractivity contribution in [1.29, 1.82) is 0 Å². The van der Waals surface area contributed by atoms with Crippen molar-refractivity contribution in [3.63, 3.8) is 0 Å². The van der Waals surface area contributed by atoms with Crippen molar-refractivity contribution < 1.29 is 0 Å². The Balaban J connectivity index is 2.60. The zero-order valence-electron chi connectivity index (χ0n) is 9.95. The van der Waals surface area contributed by atoms with Gasteiger partial charge >= 0.3 is 0 Å². The molecule has 1 saturated carbocycles. The molecule has 0 aromatic heterocycles. The van der Waals surface area contributed by atoms with Crippen LogP contribution in [0.25, 0.3) is 0 Å². The highest BCUT2D eigenvalue weighted by Crippen LogP contribution is 2.52. The molecule has 13 heavy (non-hydrogen) atoms. The summed E-state index contributed by atoms with van der Waals surface area (Å²) in [4.78, 5) is 0. The van der Waals surface area contributed by atoms with E-state index in [1.54, 1.807) is 0 Å². The summed E-state index contributed by atoms with van der Waals surface area (Å²) in [5.41, 5.74) is 1.21. The second kappa shape index (κ2) is 4.02. The topological polar surface area (TPSA) is 0 Å². The Morgan fingerprint density at radius 3 is 2.15 bits per heavy atom. The maximum Gasteiger partial charge on any atom is -0.0275 e. The van der Waals surface area contributed by atoms with Gasteiger partial charge in [0.2, 0.25) is 0 Å². The van der Waals surface area contributed by atoms with Crippen molar-refractivity contribution in [2.45, 2.75) is 72.6 Å². The van der Waals surface area contributed by atoms with Gasteiger partial charge in [-0.2, -0.15) is 0 Å². The van der Waals surface area contributed by atoms with E-state index in [2.05, 4.69) is 27.7 Å². The van der Waals surface area contributed by atoms with E-state index in [0.29, 0.717) is 10.8 Å². The van der Waals surface area contributed by atoms with Crippen molar-refractivity contribution in [2.24, 2.45) is 10.8 Å². The molecule has 1 aliphatic carbocycles. The number of rotatable bonds is 3. The van der Waals surface area contributed by atoms with Gasteiger partial charge in [-0.15, -0.1) is 0 Å². The Kier molecular flexibility index (Phi) is 3.43. The van der Waals surface area contributed by atoms with E-state index in [0.717, 1.165) is 0 Å². The molecular formula is C13H26. The molecule has 1 atom stereocenters. The van der Waals surface area contributed by atoms with E-state index in [1.807, 2.05) is 0 Å². The minimum absolute atomic E-state index is 0.584. The van der Waals surface area contributed by atoms with E-state index in [4.69, 9.17) is 0 Å². The maximum atomic E-state index is 2.52. The summed E-state index contributed by atoms with van der Waals surface area (Å²) in [6, 6.07) is 0. The van der Waals surface area contributed by atoms with Crippen LogP contribution in [0.15, 0.2) is 0 Å². The van der Waals surface area contributed by atoms with Gasteiger partial charge in [0.1, 0.15) is 0 Å². The summed E-state index contributed by atoms with van der Waals surface area (Å²) < 4.78 is 0. The Morgan fingerprint density at radius 1 is 1.00 bits per heavy atom. The third-order valence-electron chi connectivity index (χ3n) is 4.50. The van der Waals surface area contributed by atoms with E-state index in [9.17, 15) is 0 Å². The second-order valence-electron chi connectivity index (χ2n) is 5.76. The Bertz CT molecular complexity index is 157. The minimum atomic E-state index is 0.584. The first kappa shape index (κ1) is 11.1. The van der Waals surface area contributed by atoms with Crippen molar-refractivity contribution in [3.05, 3.63) is 0 Å². The van der Waals surface area contributed by atoms with E-state index in [1.165, 1.54) is 44.9 Å². The zero-order valence-corrected chi connectivity index (χ0v) is 9.95. The summed E-state index contributed by atoms with van der Waals surface area (Å²) in [6.45, 7) is 9.77. The van der Waals surface area contributed by atoms with Crippen molar-refractivity contribution in [2.75, 3.05) is 0 Å². The maximum absolute atomic E-state index is 2.52. The average molecular weight is 182 g/mol. The molecule has 0 saturated heterocycles. The standard InChI is InChI=1S/C13H26/c1-5-6-10-13(4)11-8-7-9-12(13,2)3/h5-11H2,1-4H3/t13-/m1/s1. The van der Waals surface area contributed by atoms with Crippen LogP contribution in [0.1, 0.15) is 72.6 Å². The lowest BCUT2D eigenvalue weighted by Gasteiger charge is -2.48. The Morgan fingerprint density at radius 2 is 1.62 bits per heavy atom. The van der Waals surface area contributed by atoms with E-state index < -0.39 is 0 Å². The smallest absolute Gasteiger partial charge is 0.0275 e. The van der Waals surface area contributed by atoms with Gasteiger partial charge in [0.15, 0.2) is 0 Å². The molecule has 0 aromatic carbocycles. The van der Waals surface area contributed by atoms with Gasteiger partial charge in [0.05, 0.1) is 0 Å². The molecule has 0 spiro atoms. The highest BCUT2D eigenvalue weighted by molar-refractivity contribution is 4.92. The molecule has 0 heterocycles. The fourth-order valence-electron chi connectivity index (χ4n) is 2.75. The Hall–Kier alpha value is 0. The SMILES string of the molecule is CCCC[C@]1(C)CCCCC1(C)C. The van der Waals surface area contributed by atoms with Crippen molar-refractivity contribution in [3.8, 4) is 0 Å². The van der Waals surface area contributed by atoms with Gasteiger partial charge in [0, 0.05) is 0 Å². The summed E-state index contributed by atoms with van der Waals surface area (Å²) in [6.07, 6.45) is 10.0. The minimum Gasteiger partial charge on any atom is -0.0654 e. The first-order valence-electron chi connectivity index (χ1n) is 6.02. The normalized spacial score (nSPS) is 33.2. The molecule has 0 unspecified atom stereocenters. The van der Waals surface area contributed by atoms with Gasteiger partial charge in [-0.05, 0) is 30.1 Å². The third-order valence-corrected chi connectivity index (χ3v) is 4.50. The summed E-state index contributed by atoms with van der Waals surface area (Å²) in [5.74, 6) is 0. The second-order valence-corrected chi connectivity index (χ2v) is 5.76. The van der Waals surface area contributed by atoms with Gasteiger partial charge in [-0.3, -0.25) is 0 Å². The number of hydrogen-bond acceptors (Lipinski definition) is 0. The van der Waals surface area contributed by atoms with Gasteiger partial charge in [-0.25, -0.2) is 0 Å². The first-order valence-corrected chi connectivity index (χ1v) is 6.02. The predicted molar refractivity (Wildman–Crippen MR) is 59.9 cm³/mol. The molecule has 0 N–H and O–H groups in total. The van der Waals surface area contributed by atoms with Crippen molar-refractivity contribution in [1.82, 2.24) is 0 Å². The lowest BCUT2D eigenvalue weighted by atomic mass is 9.57.